The Kier molecular flexibility index (Phi) is 4.61. The van der Waals surface area contributed by atoms with Crippen LogP contribution in [-0.2, 0) is 0 Å². The molecule has 6 nitrogen and oxygen atoms in total. The number of fused-ring (bicyclic) bond motifs is 1. The molecule has 0 saturated carbocycles. The van der Waals surface area contributed by atoms with E-state index in [4.69, 9.17) is 4.74 Å². The average molecular weight is 387 g/mol. The SMILES string of the molecule is COc1ccc(Br)cc1/C=N\NC(=O)c1c(C)nc2ccccn12. The summed E-state index contributed by atoms with van der Waals surface area (Å²) in [6.45, 7) is 1.79. The molecule has 0 bridgehead atoms. The molecule has 122 valence electrons. The Labute approximate surface area is 147 Å². The zero-order valence-corrected chi connectivity index (χ0v) is 14.7. The number of nitrogens with one attached hydrogen (secondary N) is 1. The van der Waals surface area contributed by atoms with Crippen LogP contribution in [0.25, 0.3) is 5.65 Å². The lowest BCUT2D eigenvalue weighted by molar-refractivity contribution is 0.0948. The molecule has 1 aromatic carbocycles. The molecule has 0 atom stereocenters. The number of aryl methyl sites for hydroxylation is 1. The predicted molar refractivity (Wildman–Crippen MR) is 95.7 cm³/mol. The first kappa shape index (κ1) is 16.2. The summed E-state index contributed by atoms with van der Waals surface area (Å²) in [5, 5.41) is 4.03. The molecule has 0 unspecified atom stereocenters. The first-order valence-electron chi connectivity index (χ1n) is 7.21. The Morgan fingerprint density at radius 3 is 3.00 bits per heavy atom. The van der Waals surface area contributed by atoms with Gasteiger partial charge in [0, 0.05) is 16.2 Å². The number of carbonyl (C=O) groups excluding carboxylic acids is 1. The van der Waals surface area contributed by atoms with Crippen LogP contribution >= 0.6 is 15.9 Å². The fourth-order valence-electron chi connectivity index (χ4n) is 2.41. The number of ether oxygens (including phenoxy) is 1. The van der Waals surface area contributed by atoms with Crippen molar-refractivity contribution < 1.29 is 9.53 Å². The van der Waals surface area contributed by atoms with Gasteiger partial charge >= 0.3 is 0 Å². The number of hydrogen-bond donors (Lipinski definition) is 1. The molecule has 0 aliphatic rings. The summed E-state index contributed by atoms with van der Waals surface area (Å²) >= 11 is 3.40. The summed E-state index contributed by atoms with van der Waals surface area (Å²) in [5.74, 6) is 0.346. The summed E-state index contributed by atoms with van der Waals surface area (Å²) in [6.07, 6.45) is 3.34. The third-order valence-corrected chi connectivity index (χ3v) is 3.97. The average Bonchev–Trinajstić information content (AvgIpc) is 2.90. The van der Waals surface area contributed by atoms with E-state index < -0.39 is 0 Å². The molecule has 2 aromatic heterocycles. The maximum Gasteiger partial charge on any atom is 0.290 e. The number of pyridine rings is 1. The van der Waals surface area contributed by atoms with Crippen molar-refractivity contribution in [3.63, 3.8) is 0 Å². The highest BCUT2D eigenvalue weighted by Crippen LogP contribution is 2.21. The normalized spacial score (nSPS) is 11.1. The van der Waals surface area contributed by atoms with Crippen molar-refractivity contribution in [3.8, 4) is 5.75 Å². The Morgan fingerprint density at radius 1 is 1.38 bits per heavy atom. The number of hydrazone groups is 1. The van der Waals surface area contributed by atoms with Gasteiger partial charge in [0.05, 0.1) is 19.0 Å². The van der Waals surface area contributed by atoms with E-state index in [1.807, 2.05) is 36.4 Å². The molecule has 7 heteroatoms. The monoisotopic (exact) mass is 386 g/mol. The highest BCUT2D eigenvalue weighted by molar-refractivity contribution is 9.10. The summed E-state index contributed by atoms with van der Waals surface area (Å²) in [5.41, 5.74) is 5.12. The van der Waals surface area contributed by atoms with Gasteiger partial charge in [0.2, 0.25) is 0 Å². The molecule has 1 amide bonds. The van der Waals surface area contributed by atoms with Gasteiger partial charge in [-0.05, 0) is 37.3 Å². The molecule has 3 aromatic rings. The van der Waals surface area contributed by atoms with Gasteiger partial charge in [0.25, 0.3) is 5.91 Å². The summed E-state index contributed by atoms with van der Waals surface area (Å²) in [6, 6.07) is 11.1. The molecule has 0 radical (unpaired) electrons. The van der Waals surface area contributed by atoms with Crippen LogP contribution < -0.4 is 10.2 Å². The highest BCUT2D eigenvalue weighted by Gasteiger charge is 2.15. The standard InChI is InChI=1S/C17H15BrN4O2/c1-11-16(22-8-4-3-5-15(22)20-11)17(23)21-19-10-12-9-13(18)6-7-14(12)24-2/h3-10H,1-2H3,(H,21,23)/b19-10-. The Bertz CT molecular complexity index is 933. The van der Waals surface area contributed by atoms with Crippen LogP contribution in [0.5, 0.6) is 5.75 Å². The highest BCUT2D eigenvalue weighted by atomic mass is 79.9. The van der Waals surface area contributed by atoms with Crippen molar-refractivity contribution in [2.24, 2.45) is 5.10 Å². The molecule has 0 spiro atoms. The lowest BCUT2D eigenvalue weighted by Gasteiger charge is -2.05. The van der Waals surface area contributed by atoms with Crippen LogP contribution in [0.4, 0.5) is 0 Å². The predicted octanol–water partition coefficient (Wildman–Crippen LogP) is 3.18. The Hall–Kier alpha value is -2.67. The molecule has 2 heterocycles. The van der Waals surface area contributed by atoms with Gasteiger partial charge in [-0.25, -0.2) is 10.4 Å². The maximum absolute atomic E-state index is 12.4. The van der Waals surface area contributed by atoms with Gasteiger partial charge in [-0.15, -0.1) is 0 Å². The Morgan fingerprint density at radius 2 is 2.21 bits per heavy atom. The second kappa shape index (κ2) is 6.84. The molecule has 24 heavy (non-hydrogen) atoms. The van der Waals surface area contributed by atoms with E-state index in [2.05, 4.69) is 31.4 Å². The van der Waals surface area contributed by atoms with Gasteiger partial charge in [0.1, 0.15) is 17.1 Å². The van der Waals surface area contributed by atoms with Crippen molar-refractivity contribution in [1.82, 2.24) is 14.8 Å². The number of hydrogen-bond acceptors (Lipinski definition) is 4. The minimum Gasteiger partial charge on any atom is -0.496 e. The van der Waals surface area contributed by atoms with E-state index in [1.54, 1.807) is 30.8 Å². The summed E-state index contributed by atoms with van der Waals surface area (Å²) < 4.78 is 7.90. The summed E-state index contributed by atoms with van der Waals surface area (Å²) in [4.78, 5) is 16.8. The Balaban J connectivity index is 1.83. The van der Waals surface area contributed by atoms with Gasteiger partial charge in [-0.1, -0.05) is 22.0 Å². The van der Waals surface area contributed by atoms with Gasteiger partial charge < -0.3 is 4.74 Å². The van der Waals surface area contributed by atoms with Crippen LogP contribution in [0.2, 0.25) is 0 Å². The number of rotatable bonds is 4. The van der Waals surface area contributed by atoms with Crippen LogP contribution in [0.3, 0.4) is 0 Å². The largest absolute Gasteiger partial charge is 0.496 e. The molecule has 0 saturated heterocycles. The topological polar surface area (TPSA) is 68.0 Å². The number of amides is 1. The minimum atomic E-state index is -0.323. The van der Waals surface area contributed by atoms with E-state index in [0.29, 0.717) is 17.1 Å². The first-order chi connectivity index (χ1) is 11.6. The fourth-order valence-corrected chi connectivity index (χ4v) is 2.79. The zero-order valence-electron chi connectivity index (χ0n) is 13.2. The molecule has 0 fully saturated rings. The van der Waals surface area contributed by atoms with E-state index >= 15 is 0 Å². The number of methoxy groups -OCH3 is 1. The first-order valence-corrected chi connectivity index (χ1v) is 8.00. The van der Waals surface area contributed by atoms with Crippen LogP contribution in [0, 0.1) is 6.92 Å². The lowest BCUT2D eigenvalue weighted by Crippen LogP contribution is -2.20. The zero-order chi connectivity index (χ0) is 17.1. The van der Waals surface area contributed by atoms with Gasteiger partial charge in [-0.3, -0.25) is 9.20 Å². The molecule has 0 aliphatic heterocycles. The number of carbonyl (C=O) groups is 1. The number of nitrogens with zero attached hydrogens (tertiary/aromatic N) is 3. The van der Waals surface area contributed by atoms with E-state index in [1.165, 1.54) is 0 Å². The number of halogens is 1. The smallest absolute Gasteiger partial charge is 0.290 e. The van der Waals surface area contributed by atoms with Crippen molar-refractivity contribution in [2.45, 2.75) is 6.92 Å². The number of imidazole rings is 1. The molecule has 1 N–H and O–H groups in total. The quantitative estimate of drug-likeness (QED) is 0.552. The van der Waals surface area contributed by atoms with Crippen molar-refractivity contribution in [1.29, 1.82) is 0 Å². The van der Waals surface area contributed by atoms with E-state index in [0.717, 1.165) is 15.7 Å². The number of benzene rings is 1. The van der Waals surface area contributed by atoms with Crippen LogP contribution in [0.1, 0.15) is 21.7 Å². The van der Waals surface area contributed by atoms with Crippen molar-refractivity contribution in [3.05, 3.63) is 64.0 Å². The van der Waals surface area contributed by atoms with Gasteiger partial charge in [-0.2, -0.15) is 5.10 Å². The number of aromatic nitrogens is 2. The van der Waals surface area contributed by atoms with Crippen molar-refractivity contribution in [2.75, 3.05) is 7.11 Å². The molecular weight excluding hydrogens is 372 g/mol. The van der Waals surface area contributed by atoms with E-state index in [-0.39, 0.29) is 5.91 Å². The van der Waals surface area contributed by atoms with Crippen LogP contribution in [0.15, 0.2) is 52.2 Å². The molecule has 0 aliphatic carbocycles. The molecular formula is C17H15BrN4O2. The molecule has 3 rings (SSSR count). The summed E-state index contributed by atoms with van der Waals surface area (Å²) in [7, 11) is 1.58. The van der Waals surface area contributed by atoms with Crippen molar-refractivity contribution >= 4 is 33.7 Å². The second-order valence-corrected chi connectivity index (χ2v) is 5.98. The minimum absolute atomic E-state index is 0.323. The van der Waals surface area contributed by atoms with E-state index in [9.17, 15) is 4.79 Å². The third kappa shape index (κ3) is 3.16. The lowest BCUT2D eigenvalue weighted by atomic mass is 10.2. The maximum atomic E-state index is 12.4. The van der Waals surface area contributed by atoms with Gasteiger partial charge in [0.15, 0.2) is 0 Å². The van der Waals surface area contributed by atoms with Crippen LogP contribution in [-0.4, -0.2) is 28.6 Å². The fraction of sp³-hybridized carbons (Fsp3) is 0.118. The second-order valence-electron chi connectivity index (χ2n) is 5.06. The third-order valence-electron chi connectivity index (χ3n) is 3.48.